The van der Waals surface area contributed by atoms with Gasteiger partial charge < -0.3 is 20.3 Å². The molecule has 4 fully saturated rings. The molecule has 1 saturated carbocycles. The van der Waals surface area contributed by atoms with E-state index in [1.807, 2.05) is 43.0 Å². The van der Waals surface area contributed by atoms with E-state index in [2.05, 4.69) is 20.9 Å². The molecule has 7 rings (SSSR count). The Bertz CT molecular complexity index is 2150. The van der Waals surface area contributed by atoms with Gasteiger partial charge >= 0.3 is 6.18 Å². The zero-order valence-electron chi connectivity index (χ0n) is 33.0. The maximum absolute atomic E-state index is 14.0. The summed E-state index contributed by atoms with van der Waals surface area (Å²) in [7, 11) is 0. The molecule has 12 nitrogen and oxygen atoms in total. The number of nitriles is 1. The van der Waals surface area contributed by atoms with E-state index in [4.69, 9.17) is 17.4 Å². The van der Waals surface area contributed by atoms with Gasteiger partial charge in [-0.3, -0.25) is 34.3 Å². The molecule has 0 bridgehead atoms. The van der Waals surface area contributed by atoms with Crippen LogP contribution in [0.25, 0.3) is 0 Å². The molecule has 1 aliphatic carbocycles. The molecule has 3 aromatic carbocycles. The van der Waals surface area contributed by atoms with E-state index in [0.29, 0.717) is 49.6 Å². The number of benzene rings is 3. The van der Waals surface area contributed by atoms with Gasteiger partial charge in [-0.15, -0.1) is 12.6 Å². The number of halogens is 3. The second kappa shape index (κ2) is 17.1. The lowest BCUT2D eigenvalue weighted by Crippen LogP contribution is -2.55. The minimum absolute atomic E-state index is 0.0400. The number of nitrogens with zero attached hydrogens (tertiary/aromatic N) is 4. The molecule has 3 N–H and O–H groups in total. The summed E-state index contributed by atoms with van der Waals surface area (Å²) >= 11 is 4.81. The van der Waals surface area contributed by atoms with Gasteiger partial charge in [0, 0.05) is 29.2 Å². The number of hydrogen-bond acceptors (Lipinski definition) is 10. The van der Waals surface area contributed by atoms with E-state index in [0.717, 1.165) is 67.9 Å². The van der Waals surface area contributed by atoms with Gasteiger partial charge in [0.1, 0.15) is 17.3 Å². The smallest absolute Gasteiger partial charge is 0.417 e. The highest BCUT2D eigenvalue weighted by atomic mass is 32.1. The Kier molecular flexibility index (Phi) is 12.2. The first kappa shape index (κ1) is 41.9. The molecule has 0 unspecified atom stereocenters. The highest BCUT2D eigenvalue weighted by Gasteiger charge is 2.60. The number of hydrogen-bond donors (Lipinski definition) is 4. The minimum Gasteiger partial charge on any atom is -0.493 e. The lowest BCUT2D eigenvalue weighted by molar-refractivity contribution is -0.138. The van der Waals surface area contributed by atoms with Crippen molar-refractivity contribution in [1.29, 1.82) is 5.26 Å². The molecular formula is C43H48F3N7O5S. The molecule has 312 valence electrons. The van der Waals surface area contributed by atoms with Crippen molar-refractivity contribution in [1.82, 2.24) is 10.2 Å². The van der Waals surface area contributed by atoms with Crippen LogP contribution in [-0.2, 0) is 31.8 Å². The summed E-state index contributed by atoms with van der Waals surface area (Å²) in [5.41, 5.74) is -0.399. The zero-order chi connectivity index (χ0) is 42.1. The first-order chi connectivity index (χ1) is 28.2. The highest BCUT2D eigenvalue weighted by molar-refractivity contribution is 7.81. The Morgan fingerprint density at radius 1 is 1.03 bits per heavy atom. The summed E-state index contributed by atoms with van der Waals surface area (Å²) < 4.78 is 47.9. The van der Waals surface area contributed by atoms with Crippen LogP contribution in [-0.4, -0.2) is 71.3 Å². The van der Waals surface area contributed by atoms with Crippen LogP contribution in [0.15, 0.2) is 60.7 Å². The summed E-state index contributed by atoms with van der Waals surface area (Å²) in [6, 6.07) is 17.0. The van der Waals surface area contributed by atoms with Crippen molar-refractivity contribution in [3.8, 4) is 11.8 Å². The molecule has 0 aromatic heterocycles. The average Bonchev–Trinajstić information content (AvgIpc) is 3.44. The number of rotatable bonds is 12. The van der Waals surface area contributed by atoms with E-state index in [9.17, 15) is 37.6 Å². The molecule has 4 aliphatic rings. The molecule has 0 radical (unpaired) electrons. The van der Waals surface area contributed by atoms with Gasteiger partial charge in [-0.05, 0) is 137 Å². The number of aryl methyl sites for hydroxylation is 1. The van der Waals surface area contributed by atoms with Crippen LogP contribution in [0.2, 0.25) is 0 Å². The number of piperidine rings is 2. The summed E-state index contributed by atoms with van der Waals surface area (Å²) in [5, 5.41) is 17.8. The third kappa shape index (κ3) is 8.58. The summed E-state index contributed by atoms with van der Waals surface area (Å²) in [6.45, 7) is 5.95. The fraction of sp³-hybridized carbons (Fsp3) is 0.465. The Labute approximate surface area is 346 Å². The average molecular weight is 832 g/mol. The standard InChI is InChI=1S/C43H48F3N7O5S/c1-3-28-22-33(53-41(59)52(40(57)42(53)17-5-18-42)32-9-8-29(25-47)34(24-32)43(44,45)46)10-12-36(28)58-21-16-27-14-19-51(20-15-27)26(2)38(55)49-31-7-4-6-30(23-31)48-35-11-13-37(54)50-39(35)56/h4,6-10,12,22-24,26-27,35,41,48,59H,3,5,11,13-21H2,1-2H3,(H,49,55)(H,50,54,56)/t26-,35-,41+/m0/s1. The maximum Gasteiger partial charge on any atom is 0.417 e. The minimum atomic E-state index is -4.76. The molecule has 3 saturated heterocycles. The van der Waals surface area contributed by atoms with Crippen LogP contribution in [0, 0.1) is 17.2 Å². The van der Waals surface area contributed by atoms with Crippen molar-refractivity contribution in [2.45, 2.75) is 101 Å². The first-order valence-corrected chi connectivity index (χ1v) is 20.7. The number of amides is 4. The lowest BCUT2D eigenvalue weighted by atomic mass is 9.75. The second-order valence-electron chi connectivity index (χ2n) is 15.8. The fourth-order valence-corrected chi connectivity index (χ4v) is 9.20. The van der Waals surface area contributed by atoms with Gasteiger partial charge in [-0.1, -0.05) is 13.0 Å². The molecule has 3 heterocycles. The highest BCUT2D eigenvalue weighted by Crippen LogP contribution is 2.51. The van der Waals surface area contributed by atoms with E-state index >= 15 is 0 Å². The Morgan fingerprint density at radius 2 is 1.76 bits per heavy atom. The predicted molar refractivity (Wildman–Crippen MR) is 220 cm³/mol. The van der Waals surface area contributed by atoms with Crippen molar-refractivity contribution in [2.75, 3.05) is 40.1 Å². The van der Waals surface area contributed by atoms with Crippen molar-refractivity contribution >= 4 is 59.0 Å². The fourth-order valence-electron chi connectivity index (χ4n) is 8.61. The quantitative estimate of drug-likeness (QED) is 0.114. The van der Waals surface area contributed by atoms with Gasteiger partial charge in [0.05, 0.1) is 29.8 Å². The summed E-state index contributed by atoms with van der Waals surface area (Å²) in [6.07, 6.45) is 1.13. The number of anilines is 4. The van der Waals surface area contributed by atoms with Crippen molar-refractivity contribution in [3.05, 3.63) is 77.4 Å². The molecular weight excluding hydrogens is 784 g/mol. The van der Waals surface area contributed by atoms with Gasteiger partial charge in [0.25, 0.3) is 5.91 Å². The SMILES string of the molecule is CCc1cc(N2[C@H](S)N(c3ccc(C#N)c(C(F)(F)F)c3)C(=O)C23CCC3)ccc1OCCC1CCN([C@@H](C)C(=O)Nc2cccc(N[C@H]3CCC(=O)NC3=O)c2)CC1. The van der Waals surface area contributed by atoms with Crippen LogP contribution < -0.4 is 30.5 Å². The van der Waals surface area contributed by atoms with E-state index in [-0.39, 0.29) is 41.8 Å². The van der Waals surface area contributed by atoms with Gasteiger partial charge in [-0.2, -0.15) is 18.4 Å². The largest absolute Gasteiger partial charge is 0.493 e. The van der Waals surface area contributed by atoms with Crippen molar-refractivity contribution < 1.29 is 37.1 Å². The van der Waals surface area contributed by atoms with Crippen LogP contribution in [0.3, 0.4) is 0 Å². The van der Waals surface area contributed by atoms with Crippen LogP contribution in [0.5, 0.6) is 5.75 Å². The third-order valence-corrected chi connectivity index (χ3v) is 12.7. The predicted octanol–water partition coefficient (Wildman–Crippen LogP) is 6.85. The normalized spacial score (nSPS) is 21.5. The van der Waals surface area contributed by atoms with Crippen molar-refractivity contribution in [2.24, 2.45) is 5.92 Å². The number of carbonyl (C=O) groups excluding carboxylic acids is 4. The maximum atomic E-state index is 14.0. The van der Waals surface area contributed by atoms with Crippen LogP contribution in [0.1, 0.15) is 81.9 Å². The number of likely N-dealkylation sites (tertiary alicyclic amines) is 1. The van der Waals surface area contributed by atoms with Crippen molar-refractivity contribution in [3.63, 3.8) is 0 Å². The molecule has 59 heavy (non-hydrogen) atoms. The molecule has 3 aliphatic heterocycles. The molecule has 3 aromatic rings. The topological polar surface area (TPSA) is 147 Å². The summed E-state index contributed by atoms with van der Waals surface area (Å²) in [4.78, 5) is 56.3. The van der Waals surface area contributed by atoms with Gasteiger partial charge in [-0.25, -0.2) is 0 Å². The van der Waals surface area contributed by atoms with Crippen LogP contribution >= 0.6 is 12.6 Å². The summed E-state index contributed by atoms with van der Waals surface area (Å²) in [5.74, 6) is 0.0827. The monoisotopic (exact) mass is 831 g/mol. The van der Waals surface area contributed by atoms with E-state index in [1.54, 1.807) is 24.3 Å². The molecule has 16 heteroatoms. The molecule has 4 amide bonds. The van der Waals surface area contributed by atoms with Gasteiger partial charge in [0.2, 0.25) is 17.7 Å². The number of thiol groups is 1. The molecule has 3 atom stereocenters. The first-order valence-electron chi connectivity index (χ1n) is 20.2. The molecule has 1 spiro atoms. The number of carbonyl (C=O) groups is 4. The number of alkyl halides is 3. The van der Waals surface area contributed by atoms with Gasteiger partial charge in [0.15, 0.2) is 5.50 Å². The van der Waals surface area contributed by atoms with E-state index < -0.39 is 34.4 Å². The second-order valence-corrected chi connectivity index (χ2v) is 16.2. The Balaban J connectivity index is 0.921. The number of imide groups is 1. The lowest BCUT2D eigenvalue weighted by Gasteiger charge is -2.44. The zero-order valence-corrected chi connectivity index (χ0v) is 33.9. The number of ether oxygens (including phenoxy) is 1. The Morgan fingerprint density at radius 3 is 2.42 bits per heavy atom. The van der Waals surface area contributed by atoms with Crippen LogP contribution in [0.4, 0.5) is 35.9 Å². The van der Waals surface area contributed by atoms with E-state index in [1.165, 1.54) is 11.0 Å². The Hall–Kier alpha value is -5.27. The number of nitrogens with one attached hydrogen (secondary N) is 3. The third-order valence-electron chi connectivity index (χ3n) is 12.2.